The number of nitriles is 1. The Balaban J connectivity index is 1.80. The van der Waals surface area contributed by atoms with Gasteiger partial charge in [-0.3, -0.25) is 4.79 Å². The number of hydrogen-bond donors (Lipinski definition) is 1. The summed E-state index contributed by atoms with van der Waals surface area (Å²) < 4.78 is 5.96. The van der Waals surface area contributed by atoms with Crippen molar-refractivity contribution in [1.29, 1.82) is 5.26 Å². The number of ether oxygens (including phenoxy) is 1. The molecular formula is C26H24N2O2. The van der Waals surface area contributed by atoms with Gasteiger partial charge in [-0.05, 0) is 55.7 Å². The summed E-state index contributed by atoms with van der Waals surface area (Å²) in [6, 6.07) is 23.2. The molecule has 150 valence electrons. The number of para-hydroxylation sites is 1. The second-order valence-corrected chi connectivity index (χ2v) is 7.18. The van der Waals surface area contributed by atoms with Gasteiger partial charge >= 0.3 is 0 Å². The zero-order valence-corrected chi connectivity index (χ0v) is 17.4. The average molecular weight is 396 g/mol. The van der Waals surface area contributed by atoms with Crippen LogP contribution in [0.1, 0.15) is 27.8 Å². The Hall–Kier alpha value is -3.84. The summed E-state index contributed by atoms with van der Waals surface area (Å²) in [5.41, 5.74) is 5.68. The minimum Gasteiger partial charge on any atom is -0.488 e. The van der Waals surface area contributed by atoms with Crippen molar-refractivity contribution in [1.82, 2.24) is 0 Å². The lowest BCUT2D eigenvalue weighted by atomic mass is 10.1. The fraction of sp³-hybridized carbons (Fsp3) is 0.154. The summed E-state index contributed by atoms with van der Waals surface area (Å²) in [6.45, 7) is 6.36. The first-order chi connectivity index (χ1) is 14.5. The van der Waals surface area contributed by atoms with Gasteiger partial charge in [-0.1, -0.05) is 60.2 Å². The van der Waals surface area contributed by atoms with Gasteiger partial charge in [-0.25, -0.2) is 0 Å². The van der Waals surface area contributed by atoms with Gasteiger partial charge in [0.1, 0.15) is 24.0 Å². The van der Waals surface area contributed by atoms with Crippen LogP contribution in [0, 0.1) is 32.1 Å². The van der Waals surface area contributed by atoms with Crippen molar-refractivity contribution in [2.45, 2.75) is 27.4 Å². The minimum atomic E-state index is -0.445. The number of anilines is 1. The number of aryl methyl sites for hydroxylation is 2. The number of nitrogens with one attached hydrogen (secondary N) is 1. The Morgan fingerprint density at radius 2 is 1.73 bits per heavy atom. The van der Waals surface area contributed by atoms with E-state index in [0.29, 0.717) is 23.6 Å². The van der Waals surface area contributed by atoms with Crippen molar-refractivity contribution in [3.8, 4) is 11.8 Å². The third kappa shape index (κ3) is 5.15. The van der Waals surface area contributed by atoms with Gasteiger partial charge in [0.05, 0.1) is 0 Å². The van der Waals surface area contributed by atoms with Crippen molar-refractivity contribution < 1.29 is 9.53 Å². The summed E-state index contributed by atoms with van der Waals surface area (Å²) in [5, 5.41) is 12.4. The topological polar surface area (TPSA) is 62.1 Å². The molecule has 1 N–H and O–H groups in total. The van der Waals surface area contributed by atoms with E-state index < -0.39 is 5.91 Å². The molecule has 3 rings (SSSR count). The maximum Gasteiger partial charge on any atom is 0.266 e. The van der Waals surface area contributed by atoms with Crippen LogP contribution in [-0.4, -0.2) is 5.91 Å². The molecule has 0 radical (unpaired) electrons. The first kappa shape index (κ1) is 20.9. The molecule has 0 bridgehead atoms. The van der Waals surface area contributed by atoms with Gasteiger partial charge in [0, 0.05) is 11.3 Å². The quantitative estimate of drug-likeness (QED) is 0.427. The van der Waals surface area contributed by atoms with Gasteiger partial charge in [-0.2, -0.15) is 5.26 Å². The Labute approximate surface area is 177 Å². The second-order valence-electron chi connectivity index (χ2n) is 7.18. The lowest BCUT2D eigenvalue weighted by molar-refractivity contribution is -0.112. The highest BCUT2D eigenvalue weighted by atomic mass is 16.5. The fourth-order valence-corrected chi connectivity index (χ4v) is 2.96. The zero-order chi connectivity index (χ0) is 21.5. The molecule has 0 atom stereocenters. The summed E-state index contributed by atoms with van der Waals surface area (Å²) in [6.07, 6.45) is 1.56. The van der Waals surface area contributed by atoms with Gasteiger partial charge < -0.3 is 10.1 Å². The van der Waals surface area contributed by atoms with E-state index in [1.165, 1.54) is 5.56 Å². The van der Waals surface area contributed by atoms with Crippen LogP contribution in [0.2, 0.25) is 0 Å². The van der Waals surface area contributed by atoms with Crippen LogP contribution < -0.4 is 10.1 Å². The van der Waals surface area contributed by atoms with Gasteiger partial charge in [0.25, 0.3) is 5.91 Å². The van der Waals surface area contributed by atoms with E-state index in [1.54, 1.807) is 6.08 Å². The van der Waals surface area contributed by atoms with Crippen molar-refractivity contribution >= 4 is 17.7 Å². The molecule has 0 aromatic heterocycles. The number of amides is 1. The Bertz CT molecular complexity index is 1120. The van der Waals surface area contributed by atoms with Gasteiger partial charge in [-0.15, -0.1) is 0 Å². The Morgan fingerprint density at radius 1 is 1.00 bits per heavy atom. The monoisotopic (exact) mass is 396 g/mol. The highest BCUT2D eigenvalue weighted by Gasteiger charge is 2.13. The number of benzene rings is 3. The molecule has 0 unspecified atom stereocenters. The van der Waals surface area contributed by atoms with Crippen molar-refractivity contribution in [2.75, 3.05) is 5.32 Å². The van der Waals surface area contributed by atoms with E-state index in [1.807, 2.05) is 93.6 Å². The maximum atomic E-state index is 12.7. The van der Waals surface area contributed by atoms with E-state index >= 15 is 0 Å². The van der Waals surface area contributed by atoms with Crippen LogP contribution in [-0.2, 0) is 11.4 Å². The fourth-order valence-electron chi connectivity index (χ4n) is 2.96. The van der Waals surface area contributed by atoms with Crippen molar-refractivity contribution in [3.05, 3.63) is 100 Å². The molecule has 0 aliphatic heterocycles. The van der Waals surface area contributed by atoms with Crippen LogP contribution >= 0.6 is 0 Å². The normalized spacial score (nSPS) is 10.9. The minimum absolute atomic E-state index is 0.0160. The molecular weight excluding hydrogens is 372 g/mol. The van der Waals surface area contributed by atoms with Crippen LogP contribution in [0.5, 0.6) is 5.75 Å². The zero-order valence-electron chi connectivity index (χ0n) is 17.4. The first-order valence-electron chi connectivity index (χ1n) is 9.74. The van der Waals surface area contributed by atoms with E-state index in [-0.39, 0.29) is 5.57 Å². The first-order valence-corrected chi connectivity index (χ1v) is 9.74. The van der Waals surface area contributed by atoms with Crippen molar-refractivity contribution in [3.63, 3.8) is 0 Å². The SMILES string of the molecule is Cc1ccc(COc2ccccc2/C=C(\C#N)C(=O)Nc2cccc(C)c2C)cc1. The standard InChI is InChI=1S/C26H24N2O2/c1-18-11-13-21(14-12-18)17-30-25-10-5-4-8-22(25)15-23(16-27)26(29)28-24-9-6-7-19(2)20(24)3/h4-15H,17H2,1-3H3,(H,28,29)/b23-15+. The number of nitrogens with zero attached hydrogens (tertiary/aromatic N) is 1. The molecule has 3 aromatic carbocycles. The molecule has 0 spiro atoms. The van der Waals surface area contributed by atoms with Gasteiger partial charge in [0.2, 0.25) is 0 Å². The number of rotatable bonds is 6. The third-order valence-electron chi connectivity index (χ3n) is 4.95. The van der Waals surface area contributed by atoms with Crippen LogP contribution in [0.15, 0.2) is 72.3 Å². The van der Waals surface area contributed by atoms with E-state index in [4.69, 9.17) is 4.74 Å². The molecule has 0 aliphatic rings. The van der Waals surface area contributed by atoms with Crippen LogP contribution in [0.25, 0.3) is 6.08 Å². The molecule has 0 fully saturated rings. The van der Waals surface area contributed by atoms with Crippen molar-refractivity contribution in [2.24, 2.45) is 0 Å². The molecule has 30 heavy (non-hydrogen) atoms. The lowest BCUT2D eigenvalue weighted by Crippen LogP contribution is -2.14. The molecule has 1 amide bonds. The number of carbonyl (C=O) groups excluding carboxylic acids is 1. The maximum absolute atomic E-state index is 12.7. The Morgan fingerprint density at radius 3 is 2.47 bits per heavy atom. The smallest absolute Gasteiger partial charge is 0.266 e. The molecule has 0 saturated heterocycles. The van der Waals surface area contributed by atoms with E-state index in [9.17, 15) is 10.1 Å². The second kappa shape index (κ2) is 9.58. The summed E-state index contributed by atoms with van der Waals surface area (Å²) in [5.74, 6) is 0.171. The third-order valence-corrected chi connectivity index (χ3v) is 4.95. The molecule has 0 aliphatic carbocycles. The van der Waals surface area contributed by atoms with Crippen LogP contribution in [0.3, 0.4) is 0 Å². The highest BCUT2D eigenvalue weighted by molar-refractivity contribution is 6.10. The molecule has 4 heteroatoms. The predicted octanol–water partition coefficient (Wildman–Crippen LogP) is 5.74. The molecule has 0 saturated carbocycles. The number of carbonyl (C=O) groups is 1. The molecule has 4 nitrogen and oxygen atoms in total. The summed E-state index contributed by atoms with van der Waals surface area (Å²) in [4.78, 5) is 12.7. The van der Waals surface area contributed by atoms with Crippen LogP contribution in [0.4, 0.5) is 5.69 Å². The number of hydrogen-bond acceptors (Lipinski definition) is 3. The molecule has 3 aromatic rings. The van der Waals surface area contributed by atoms with E-state index in [0.717, 1.165) is 16.7 Å². The summed E-state index contributed by atoms with van der Waals surface area (Å²) in [7, 11) is 0. The highest BCUT2D eigenvalue weighted by Crippen LogP contribution is 2.24. The average Bonchev–Trinajstić information content (AvgIpc) is 2.75. The molecule has 0 heterocycles. The summed E-state index contributed by atoms with van der Waals surface area (Å²) >= 11 is 0. The lowest BCUT2D eigenvalue weighted by Gasteiger charge is -2.11. The Kier molecular flexibility index (Phi) is 6.67. The largest absolute Gasteiger partial charge is 0.488 e. The van der Waals surface area contributed by atoms with E-state index in [2.05, 4.69) is 5.32 Å². The predicted molar refractivity (Wildman–Crippen MR) is 120 cm³/mol. The van der Waals surface area contributed by atoms with Gasteiger partial charge in [0.15, 0.2) is 0 Å².